The van der Waals surface area contributed by atoms with Crippen LogP contribution in [0.25, 0.3) is 0 Å². The molecule has 1 aromatic heterocycles. The minimum Gasteiger partial charge on any atom is -0.487 e. The third kappa shape index (κ3) is 3.05. The van der Waals surface area contributed by atoms with E-state index in [4.69, 9.17) is 10.5 Å². The average molecular weight is 246 g/mol. The van der Waals surface area contributed by atoms with Gasteiger partial charge in [0.2, 0.25) is 0 Å². The molecule has 0 fully saturated rings. The van der Waals surface area contributed by atoms with Crippen LogP contribution in [0.2, 0.25) is 0 Å². The summed E-state index contributed by atoms with van der Waals surface area (Å²) in [5.41, 5.74) is 7.27. The Labute approximate surface area is 105 Å². The number of ether oxygens (including phenoxy) is 1. The summed E-state index contributed by atoms with van der Waals surface area (Å²) < 4.78 is 18.8. The highest BCUT2D eigenvalue weighted by atomic mass is 19.1. The molecule has 1 heterocycles. The van der Waals surface area contributed by atoms with Gasteiger partial charge >= 0.3 is 0 Å². The van der Waals surface area contributed by atoms with Gasteiger partial charge in [0.05, 0.1) is 5.69 Å². The fourth-order valence-corrected chi connectivity index (χ4v) is 1.64. The quantitative estimate of drug-likeness (QED) is 0.902. The van der Waals surface area contributed by atoms with Gasteiger partial charge in [-0.1, -0.05) is 6.07 Å². The Balaban J connectivity index is 2.14. The number of benzene rings is 1. The van der Waals surface area contributed by atoms with Crippen molar-refractivity contribution in [1.29, 1.82) is 0 Å². The van der Waals surface area contributed by atoms with Crippen molar-refractivity contribution in [3.05, 3.63) is 59.7 Å². The molecular formula is C14H15FN2O. The van der Waals surface area contributed by atoms with E-state index in [1.165, 1.54) is 12.1 Å². The molecule has 4 heteroatoms. The molecule has 0 amide bonds. The minimum absolute atomic E-state index is 0.278. The van der Waals surface area contributed by atoms with Crippen LogP contribution in [0.5, 0.6) is 5.75 Å². The number of nitrogens with two attached hydrogens (primary N) is 1. The molecule has 0 radical (unpaired) electrons. The SMILES string of the molecule is CC(N)c1cc(F)ccc1OCc1ccccn1. The molecule has 1 atom stereocenters. The third-order valence-corrected chi connectivity index (χ3v) is 2.56. The molecule has 0 bridgehead atoms. The lowest BCUT2D eigenvalue weighted by Gasteiger charge is -2.13. The van der Waals surface area contributed by atoms with E-state index in [9.17, 15) is 4.39 Å². The van der Waals surface area contributed by atoms with Crippen LogP contribution < -0.4 is 10.5 Å². The van der Waals surface area contributed by atoms with Gasteiger partial charge in [0.1, 0.15) is 18.2 Å². The zero-order valence-electron chi connectivity index (χ0n) is 10.1. The van der Waals surface area contributed by atoms with Gasteiger partial charge in [0.15, 0.2) is 0 Å². The van der Waals surface area contributed by atoms with E-state index < -0.39 is 0 Å². The lowest BCUT2D eigenvalue weighted by Crippen LogP contribution is -2.09. The van der Waals surface area contributed by atoms with E-state index in [0.29, 0.717) is 17.9 Å². The fraction of sp³-hybridized carbons (Fsp3) is 0.214. The smallest absolute Gasteiger partial charge is 0.130 e. The summed E-state index contributed by atoms with van der Waals surface area (Å²) in [7, 11) is 0. The highest BCUT2D eigenvalue weighted by molar-refractivity contribution is 5.36. The highest BCUT2D eigenvalue weighted by Crippen LogP contribution is 2.25. The maximum absolute atomic E-state index is 13.1. The van der Waals surface area contributed by atoms with Crippen LogP contribution in [0.3, 0.4) is 0 Å². The summed E-state index contributed by atoms with van der Waals surface area (Å²) in [5.74, 6) is 0.282. The van der Waals surface area contributed by atoms with E-state index in [2.05, 4.69) is 4.98 Å². The standard InChI is InChI=1S/C14H15FN2O/c1-10(16)13-8-11(15)5-6-14(13)18-9-12-4-2-3-7-17-12/h2-8,10H,9,16H2,1H3. The summed E-state index contributed by atoms with van der Waals surface area (Å²) in [4.78, 5) is 4.16. The number of nitrogens with zero attached hydrogens (tertiary/aromatic N) is 1. The van der Waals surface area contributed by atoms with Gasteiger partial charge in [0.25, 0.3) is 0 Å². The van der Waals surface area contributed by atoms with Crippen molar-refractivity contribution < 1.29 is 9.13 Å². The monoisotopic (exact) mass is 246 g/mol. The summed E-state index contributed by atoms with van der Waals surface area (Å²) in [6.45, 7) is 2.13. The number of hydrogen-bond donors (Lipinski definition) is 1. The zero-order valence-corrected chi connectivity index (χ0v) is 10.1. The molecule has 0 aliphatic carbocycles. The Bertz CT molecular complexity index is 514. The van der Waals surface area contributed by atoms with Crippen molar-refractivity contribution >= 4 is 0 Å². The second-order valence-corrected chi connectivity index (χ2v) is 4.08. The lowest BCUT2D eigenvalue weighted by atomic mass is 10.1. The summed E-state index contributed by atoms with van der Waals surface area (Å²) >= 11 is 0. The average Bonchev–Trinajstić information content (AvgIpc) is 2.38. The van der Waals surface area contributed by atoms with Crippen LogP contribution in [0, 0.1) is 5.82 Å². The first kappa shape index (κ1) is 12.5. The Morgan fingerprint density at radius 1 is 1.33 bits per heavy atom. The van der Waals surface area contributed by atoms with E-state index in [1.54, 1.807) is 19.2 Å². The molecule has 0 saturated carbocycles. The molecule has 2 aromatic rings. The Kier molecular flexibility index (Phi) is 3.89. The highest BCUT2D eigenvalue weighted by Gasteiger charge is 2.09. The summed E-state index contributed by atoms with van der Waals surface area (Å²) in [6.07, 6.45) is 1.70. The summed E-state index contributed by atoms with van der Waals surface area (Å²) in [6, 6.07) is 9.68. The van der Waals surface area contributed by atoms with E-state index in [-0.39, 0.29) is 11.9 Å². The molecular weight excluding hydrogens is 231 g/mol. The van der Waals surface area contributed by atoms with Crippen molar-refractivity contribution in [1.82, 2.24) is 4.98 Å². The van der Waals surface area contributed by atoms with Crippen molar-refractivity contribution in [3.8, 4) is 5.75 Å². The second kappa shape index (κ2) is 5.60. The molecule has 1 aromatic carbocycles. The van der Waals surface area contributed by atoms with Crippen LogP contribution in [0.4, 0.5) is 4.39 Å². The number of aromatic nitrogens is 1. The molecule has 94 valence electrons. The van der Waals surface area contributed by atoms with Gasteiger partial charge in [-0.25, -0.2) is 4.39 Å². The number of rotatable bonds is 4. The molecule has 2 rings (SSSR count). The third-order valence-electron chi connectivity index (χ3n) is 2.56. The number of halogens is 1. The largest absolute Gasteiger partial charge is 0.487 e. The van der Waals surface area contributed by atoms with Crippen LogP contribution >= 0.6 is 0 Å². The molecule has 0 saturated heterocycles. The van der Waals surface area contributed by atoms with Gasteiger partial charge < -0.3 is 10.5 Å². The van der Waals surface area contributed by atoms with E-state index in [1.807, 2.05) is 18.2 Å². The van der Waals surface area contributed by atoms with E-state index in [0.717, 1.165) is 5.69 Å². The maximum Gasteiger partial charge on any atom is 0.130 e. The predicted octanol–water partition coefficient (Wildman–Crippen LogP) is 2.82. The zero-order chi connectivity index (χ0) is 13.0. The van der Waals surface area contributed by atoms with Crippen molar-refractivity contribution in [2.75, 3.05) is 0 Å². The maximum atomic E-state index is 13.1. The topological polar surface area (TPSA) is 48.1 Å². The molecule has 0 aliphatic heterocycles. The van der Waals surface area contributed by atoms with E-state index >= 15 is 0 Å². The van der Waals surface area contributed by atoms with Crippen LogP contribution in [0.15, 0.2) is 42.6 Å². The molecule has 0 aliphatic rings. The second-order valence-electron chi connectivity index (χ2n) is 4.08. The van der Waals surface area contributed by atoms with Gasteiger partial charge in [-0.15, -0.1) is 0 Å². The van der Waals surface area contributed by atoms with Gasteiger partial charge in [-0.05, 0) is 37.3 Å². The Morgan fingerprint density at radius 2 is 2.17 bits per heavy atom. The summed E-state index contributed by atoms with van der Waals surface area (Å²) in [5, 5.41) is 0. The molecule has 1 unspecified atom stereocenters. The first-order valence-corrected chi connectivity index (χ1v) is 5.74. The number of hydrogen-bond acceptors (Lipinski definition) is 3. The Morgan fingerprint density at radius 3 is 2.83 bits per heavy atom. The van der Waals surface area contributed by atoms with Crippen molar-refractivity contribution in [3.63, 3.8) is 0 Å². The molecule has 2 N–H and O–H groups in total. The van der Waals surface area contributed by atoms with Crippen LogP contribution in [-0.2, 0) is 6.61 Å². The van der Waals surface area contributed by atoms with Crippen molar-refractivity contribution in [2.24, 2.45) is 5.73 Å². The molecule has 18 heavy (non-hydrogen) atoms. The first-order valence-electron chi connectivity index (χ1n) is 5.74. The first-order chi connectivity index (χ1) is 8.66. The minimum atomic E-state index is -0.313. The van der Waals surface area contributed by atoms with Crippen molar-refractivity contribution in [2.45, 2.75) is 19.6 Å². The Hall–Kier alpha value is -1.94. The van der Waals surface area contributed by atoms with Gasteiger partial charge in [-0.3, -0.25) is 4.98 Å². The molecule has 0 spiro atoms. The van der Waals surface area contributed by atoms with Crippen LogP contribution in [0.1, 0.15) is 24.2 Å². The van der Waals surface area contributed by atoms with Gasteiger partial charge in [0, 0.05) is 17.8 Å². The number of pyridine rings is 1. The normalized spacial score (nSPS) is 12.2. The molecule has 3 nitrogen and oxygen atoms in total. The van der Waals surface area contributed by atoms with Gasteiger partial charge in [-0.2, -0.15) is 0 Å². The fourth-order valence-electron chi connectivity index (χ4n) is 1.64. The van der Waals surface area contributed by atoms with Crippen LogP contribution in [-0.4, -0.2) is 4.98 Å². The lowest BCUT2D eigenvalue weighted by molar-refractivity contribution is 0.296. The predicted molar refractivity (Wildman–Crippen MR) is 67.6 cm³/mol.